The van der Waals surface area contributed by atoms with Gasteiger partial charge in [0.05, 0.1) is 6.04 Å². The van der Waals surface area contributed by atoms with Crippen molar-refractivity contribution in [3.8, 4) is 0 Å². The van der Waals surface area contributed by atoms with Crippen LogP contribution in [0.15, 0.2) is 42.5 Å². The lowest BCUT2D eigenvalue weighted by Crippen LogP contribution is -2.41. The third kappa shape index (κ3) is 4.27. The summed E-state index contributed by atoms with van der Waals surface area (Å²) in [7, 11) is 0. The van der Waals surface area contributed by atoms with Crippen LogP contribution in [0.4, 0.5) is 5.69 Å². The number of anilines is 1. The van der Waals surface area contributed by atoms with Gasteiger partial charge in [0.15, 0.2) is 0 Å². The fourth-order valence-electron chi connectivity index (χ4n) is 3.60. The summed E-state index contributed by atoms with van der Waals surface area (Å²) < 4.78 is 0. The van der Waals surface area contributed by atoms with E-state index < -0.39 is 0 Å². The van der Waals surface area contributed by atoms with Gasteiger partial charge in [-0.25, -0.2) is 0 Å². The van der Waals surface area contributed by atoms with Crippen molar-refractivity contribution >= 4 is 11.6 Å². The van der Waals surface area contributed by atoms with Gasteiger partial charge in [0, 0.05) is 24.7 Å². The standard InChI is InChI=1S/C23H30N2O/c1-16-5-9-22(10-6-16)25-13-11-20(12-14-25)23(26)24-19(4)21-8-7-17(2)18(3)15-21/h5-10,15,19-20H,11-14H2,1-4H3,(H,24,26). The van der Waals surface area contributed by atoms with Crippen LogP contribution < -0.4 is 10.2 Å². The molecule has 3 rings (SSSR count). The Labute approximate surface area is 157 Å². The average Bonchev–Trinajstić information content (AvgIpc) is 2.64. The first kappa shape index (κ1) is 18.5. The highest BCUT2D eigenvalue weighted by Crippen LogP contribution is 2.25. The Balaban J connectivity index is 1.54. The quantitative estimate of drug-likeness (QED) is 0.866. The molecule has 3 heteroatoms. The van der Waals surface area contributed by atoms with Crippen molar-refractivity contribution in [2.75, 3.05) is 18.0 Å². The lowest BCUT2D eigenvalue weighted by Gasteiger charge is -2.33. The Kier molecular flexibility index (Phi) is 5.65. The molecule has 0 saturated carbocycles. The number of nitrogens with one attached hydrogen (secondary N) is 1. The summed E-state index contributed by atoms with van der Waals surface area (Å²) in [6.45, 7) is 10.3. The van der Waals surface area contributed by atoms with E-state index in [9.17, 15) is 4.79 Å². The number of rotatable bonds is 4. The van der Waals surface area contributed by atoms with Gasteiger partial charge in [-0.05, 0) is 69.4 Å². The molecular formula is C23H30N2O. The Morgan fingerprint density at radius 3 is 2.27 bits per heavy atom. The smallest absolute Gasteiger partial charge is 0.223 e. The summed E-state index contributed by atoms with van der Waals surface area (Å²) in [5.41, 5.74) is 6.28. The minimum absolute atomic E-state index is 0.0527. The van der Waals surface area contributed by atoms with Crippen molar-refractivity contribution in [2.24, 2.45) is 5.92 Å². The highest BCUT2D eigenvalue weighted by molar-refractivity contribution is 5.79. The van der Waals surface area contributed by atoms with E-state index in [-0.39, 0.29) is 17.9 Å². The molecule has 138 valence electrons. The number of aryl methyl sites for hydroxylation is 3. The molecule has 0 bridgehead atoms. The maximum atomic E-state index is 12.7. The lowest BCUT2D eigenvalue weighted by atomic mass is 9.94. The molecule has 1 aliphatic heterocycles. The molecule has 1 aliphatic rings. The molecule has 1 saturated heterocycles. The first-order valence-electron chi connectivity index (χ1n) is 9.63. The van der Waals surface area contributed by atoms with Crippen LogP contribution in [0.1, 0.15) is 48.1 Å². The largest absolute Gasteiger partial charge is 0.371 e. The van der Waals surface area contributed by atoms with Gasteiger partial charge < -0.3 is 10.2 Å². The van der Waals surface area contributed by atoms with E-state index in [4.69, 9.17) is 0 Å². The predicted octanol–water partition coefficient (Wildman–Crippen LogP) is 4.71. The SMILES string of the molecule is Cc1ccc(N2CCC(C(=O)NC(C)c3ccc(C)c(C)c3)CC2)cc1. The number of carbonyl (C=O) groups excluding carboxylic acids is 1. The van der Waals surface area contributed by atoms with Crippen LogP contribution in [0, 0.1) is 26.7 Å². The molecule has 0 spiro atoms. The van der Waals surface area contributed by atoms with Crippen LogP contribution in [0.25, 0.3) is 0 Å². The van der Waals surface area contributed by atoms with Crippen molar-refractivity contribution < 1.29 is 4.79 Å². The highest BCUT2D eigenvalue weighted by atomic mass is 16.1. The third-order valence-electron chi connectivity index (χ3n) is 5.65. The van der Waals surface area contributed by atoms with Gasteiger partial charge in [0.2, 0.25) is 5.91 Å². The average molecular weight is 351 g/mol. The van der Waals surface area contributed by atoms with Crippen molar-refractivity contribution in [3.63, 3.8) is 0 Å². The summed E-state index contributed by atoms with van der Waals surface area (Å²) in [6.07, 6.45) is 1.83. The summed E-state index contributed by atoms with van der Waals surface area (Å²) in [5, 5.41) is 3.22. The van der Waals surface area contributed by atoms with Gasteiger partial charge in [0.1, 0.15) is 0 Å². The first-order chi connectivity index (χ1) is 12.4. The molecule has 0 radical (unpaired) electrons. The Hall–Kier alpha value is -2.29. The maximum Gasteiger partial charge on any atom is 0.223 e. The van der Waals surface area contributed by atoms with Crippen LogP contribution in [-0.4, -0.2) is 19.0 Å². The fourth-order valence-corrected chi connectivity index (χ4v) is 3.60. The van der Waals surface area contributed by atoms with E-state index in [1.54, 1.807) is 0 Å². The Bertz CT molecular complexity index is 758. The monoisotopic (exact) mass is 350 g/mol. The number of hydrogen-bond acceptors (Lipinski definition) is 2. The zero-order valence-electron chi connectivity index (χ0n) is 16.4. The van der Waals surface area contributed by atoms with Crippen molar-refractivity contribution in [1.82, 2.24) is 5.32 Å². The first-order valence-corrected chi connectivity index (χ1v) is 9.63. The van der Waals surface area contributed by atoms with Crippen LogP contribution in [0.3, 0.4) is 0 Å². The Morgan fingerprint density at radius 2 is 1.65 bits per heavy atom. The van der Waals surface area contributed by atoms with Gasteiger partial charge in [-0.1, -0.05) is 35.9 Å². The second-order valence-electron chi connectivity index (χ2n) is 7.67. The van der Waals surface area contributed by atoms with E-state index in [0.29, 0.717) is 0 Å². The van der Waals surface area contributed by atoms with Crippen LogP contribution >= 0.6 is 0 Å². The highest BCUT2D eigenvalue weighted by Gasteiger charge is 2.26. The van der Waals surface area contributed by atoms with E-state index >= 15 is 0 Å². The van der Waals surface area contributed by atoms with Gasteiger partial charge in [-0.2, -0.15) is 0 Å². The second-order valence-corrected chi connectivity index (χ2v) is 7.67. The molecule has 2 aromatic carbocycles. The fraction of sp³-hybridized carbons (Fsp3) is 0.435. The van der Waals surface area contributed by atoms with Gasteiger partial charge >= 0.3 is 0 Å². The molecule has 2 aromatic rings. The normalized spacial score (nSPS) is 16.4. The minimum atomic E-state index is 0.0527. The number of benzene rings is 2. The van der Waals surface area contributed by atoms with Gasteiger partial charge in [-0.15, -0.1) is 0 Å². The number of carbonyl (C=O) groups is 1. The Morgan fingerprint density at radius 1 is 1.00 bits per heavy atom. The zero-order chi connectivity index (χ0) is 18.7. The molecule has 0 aromatic heterocycles. The second kappa shape index (κ2) is 7.94. The number of nitrogens with zero attached hydrogens (tertiary/aromatic N) is 1. The van der Waals surface area contributed by atoms with Gasteiger partial charge in [0.25, 0.3) is 0 Å². The topological polar surface area (TPSA) is 32.3 Å². The zero-order valence-corrected chi connectivity index (χ0v) is 16.4. The third-order valence-corrected chi connectivity index (χ3v) is 5.65. The summed E-state index contributed by atoms with van der Waals surface area (Å²) >= 11 is 0. The molecule has 1 fully saturated rings. The minimum Gasteiger partial charge on any atom is -0.371 e. The van der Waals surface area contributed by atoms with E-state index in [0.717, 1.165) is 25.9 Å². The van der Waals surface area contributed by atoms with Crippen molar-refractivity contribution in [3.05, 3.63) is 64.7 Å². The number of amides is 1. The van der Waals surface area contributed by atoms with Gasteiger partial charge in [-0.3, -0.25) is 4.79 Å². The lowest BCUT2D eigenvalue weighted by molar-refractivity contribution is -0.126. The number of hydrogen-bond donors (Lipinski definition) is 1. The van der Waals surface area contributed by atoms with Crippen LogP contribution in [0.2, 0.25) is 0 Å². The molecule has 1 unspecified atom stereocenters. The van der Waals surface area contributed by atoms with E-state index in [2.05, 4.69) is 80.4 Å². The molecule has 1 heterocycles. The molecule has 1 amide bonds. The van der Waals surface area contributed by atoms with E-state index in [1.165, 1.54) is 27.9 Å². The summed E-state index contributed by atoms with van der Waals surface area (Å²) in [5.74, 6) is 0.310. The predicted molar refractivity (Wildman–Crippen MR) is 109 cm³/mol. The summed E-state index contributed by atoms with van der Waals surface area (Å²) in [4.78, 5) is 15.1. The molecule has 1 atom stereocenters. The molecule has 26 heavy (non-hydrogen) atoms. The molecule has 0 aliphatic carbocycles. The summed E-state index contributed by atoms with van der Waals surface area (Å²) in [6, 6.07) is 15.1. The van der Waals surface area contributed by atoms with Crippen LogP contribution in [-0.2, 0) is 4.79 Å². The van der Waals surface area contributed by atoms with Crippen molar-refractivity contribution in [1.29, 1.82) is 0 Å². The number of piperidine rings is 1. The molecular weight excluding hydrogens is 320 g/mol. The van der Waals surface area contributed by atoms with Crippen molar-refractivity contribution in [2.45, 2.75) is 46.6 Å². The van der Waals surface area contributed by atoms with Crippen LogP contribution in [0.5, 0.6) is 0 Å². The maximum absolute atomic E-state index is 12.7. The molecule has 3 nitrogen and oxygen atoms in total. The molecule has 1 N–H and O–H groups in total. The van der Waals surface area contributed by atoms with E-state index in [1.807, 2.05) is 0 Å².